The summed E-state index contributed by atoms with van der Waals surface area (Å²) >= 11 is 0. The highest BCUT2D eigenvalue weighted by atomic mass is 32.2. The molecule has 0 aliphatic heterocycles. The maximum atomic E-state index is 12.3. The fourth-order valence-corrected chi connectivity index (χ4v) is 3.63. The Balaban J connectivity index is 3.02. The van der Waals surface area contributed by atoms with E-state index in [4.69, 9.17) is 5.73 Å². The minimum Gasteiger partial charge on any atom is -0.329 e. The summed E-state index contributed by atoms with van der Waals surface area (Å²) in [6.45, 7) is 5.87. The molecular formula is C13H21N3O4S. The Morgan fingerprint density at radius 3 is 2.24 bits per heavy atom. The summed E-state index contributed by atoms with van der Waals surface area (Å²) in [5, 5.41) is 10.6. The van der Waals surface area contributed by atoms with Gasteiger partial charge in [-0.15, -0.1) is 0 Å². The Labute approximate surface area is 124 Å². The Kier molecular flexibility index (Phi) is 5.43. The molecule has 118 valence electrons. The third-order valence-electron chi connectivity index (χ3n) is 3.05. The van der Waals surface area contributed by atoms with Crippen molar-refractivity contribution in [3.63, 3.8) is 0 Å². The van der Waals surface area contributed by atoms with Crippen LogP contribution < -0.4 is 10.5 Å². The molecule has 3 N–H and O–H groups in total. The van der Waals surface area contributed by atoms with Crippen LogP contribution in [-0.2, 0) is 10.0 Å². The number of nitro groups is 1. The van der Waals surface area contributed by atoms with Gasteiger partial charge in [-0.2, -0.15) is 0 Å². The van der Waals surface area contributed by atoms with E-state index in [9.17, 15) is 18.5 Å². The number of nitrogens with one attached hydrogen (secondary N) is 1. The molecule has 8 heteroatoms. The Bertz CT molecular complexity index is 598. The highest BCUT2D eigenvalue weighted by molar-refractivity contribution is 7.89. The predicted octanol–water partition coefficient (Wildman–Crippen LogP) is 1.64. The second-order valence-electron chi connectivity index (χ2n) is 5.72. The molecule has 1 atom stereocenters. The number of hydrogen-bond donors (Lipinski definition) is 2. The van der Waals surface area contributed by atoms with E-state index in [-0.39, 0.29) is 23.0 Å². The molecule has 1 aromatic rings. The van der Waals surface area contributed by atoms with Gasteiger partial charge in [0, 0.05) is 24.2 Å². The quantitative estimate of drug-likeness (QED) is 0.586. The van der Waals surface area contributed by atoms with E-state index >= 15 is 0 Å². The van der Waals surface area contributed by atoms with Crippen molar-refractivity contribution in [1.82, 2.24) is 4.72 Å². The monoisotopic (exact) mass is 315 g/mol. The summed E-state index contributed by atoms with van der Waals surface area (Å²) in [4.78, 5) is 9.99. The van der Waals surface area contributed by atoms with Crippen molar-refractivity contribution in [2.24, 2.45) is 11.7 Å². The van der Waals surface area contributed by atoms with Crippen molar-refractivity contribution in [2.75, 3.05) is 6.54 Å². The summed E-state index contributed by atoms with van der Waals surface area (Å²) in [7, 11) is -3.77. The van der Waals surface area contributed by atoms with Crippen molar-refractivity contribution in [3.8, 4) is 0 Å². The summed E-state index contributed by atoms with van der Waals surface area (Å²) < 4.78 is 27.3. The van der Waals surface area contributed by atoms with Crippen molar-refractivity contribution in [2.45, 2.75) is 37.6 Å². The second-order valence-corrected chi connectivity index (χ2v) is 7.40. The van der Waals surface area contributed by atoms with Gasteiger partial charge < -0.3 is 5.73 Å². The molecule has 0 saturated heterocycles. The predicted molar refractivity (Wildman–Crippen MR) is 80.3 cm³/mol. The fraction of sp³-hybridized carbons (Fsp3) is 0.538. The SMILES string of the molecule is CC(C)C[C@](C)(CN)NS(=O)(=O)c1ccc([N+](=O)[O-])cc1. The lowest BCUT2D eigenvalue weighted by molar-refractivity contribution is -0.384. The molecule has 0 heterocycles. The minimum absolute atomic E-state index is 0.0171. The normalized spacial score (nSPS) is 14.9. The van der Waals surface area contributed by atoms with Gasteiger partial charge >= 0.3 is 0 Å². The molecule has 0 aromatic heterocycles. The van der Waals surface area contributed by atoms with Crippen molar-refractivity contribution in [3.05, 3.63) is 34.4 Å². The Morgan fingerprint density at radius 2 is 1.86 bits per heavy atom. The second kappa shape index (κ2) is 6.50. The van der Waals surface area contributed by atoms with Crippen LogP contribution in [0.25, 0.3) is 0 Å². The lowest BCUT2D eigenvalue weighted by Gasteiger charge is -2.30. The topological polar surface area (TPSA) is 115 Å². The average molecular weight is 315 g/mol. The van der Waals surface area contributed by atoms with Crippen LogP contribution in [0.3, 0.4) is 0 Å². The third-order valence-corrected chi connectivity index (χ3v) is 4.70. The lowest BCUT2D eigenvalue weighted by atomic mass is 9.92. The summed E-state index contributed by atoms with van der Waals surface area (Å²) in [5.74, 6) is 0.276. The average Bonchev–Trinajstić information content (AvgIpc) is 2.37. The number of nitrogens with two attached hydrogens (primary N) is 1. The van der Waals surface area contributed by atoms with E-state index in [2.05, 4.69) is 4.72 Å². The van der Waals surface area contributed by atoms with Crippen molar-refractivity contribution >= 4 is 15.7 Å². The number of hydrogen-bond acceptors (Lipinski definition) is 5. The third kappa shape index (κ3) is 4.76. The van der Waals surface area contributed by atoms with Gasteiger partial charge in [-0.25, -0.2) is 13.1 Å². The maximum absolute atomic E-state index is 12.3. The molecule has 1 aromatic carbocycles. The van der Waals surface area contributed by atoms with Crippen molar-refractivity contribution < 1.29 is 13.3 Å². The zero-order valence-electron chi connectivity index (χ0n) is 12.4. The van der Waals surface area contributed by atoms with Crippen LogP contribution >= 0.6 is 0 Å². The molecule has 0 spiro atoms. The van der Waals surface area contributed by atoms with Crippen LogP contribution in [0.2, 0.25) is 0 Å². The first-order chi connectivity index (χ1) is 9.59. The smallest absolute Gasteiger partial charge is 0.269 e. The molecule has 0 aliphatic rings. The van der Waals surface area contributed by atoms with Crippen LogP contribution in [0.1, 0.15) is 27.2 Å². The number of rotatable bonds is 7. The summed E-state index contributed by atoms with van der Waals surface area (Å²) in [6, 6.07) is 4.76. The largest absolute Gasteiger partial charge is 0.329 e. The number of nitrogens with zero attached hydrogens (tertiary/aromatic N) is 1. The molecular weight excluding hydrogens is 294 g/mol. The van der Waals surface area contributed by atoms with Crippen LogP contribution in [-0.4, -0.2) is 25.4 Å². The Hall–Kier alpha value is -1.51. The van der Waals surface area contributed by atoms with Crippen molar-refractivity contribution in [1.29, 1.82) is 0 Å². The first-order valence-corrected chi connectivity index (χ1v) is 8.06. The standard InChI is InChI=1S/C13H21N3O4S/c1-10(2)8-13(3,9-14)15-21(19,20)12-6-4-11(5-7-12)16(17)18/h4-7,10,15H,8-9,14H2,1-3H3/t13-/m1/s1. The first-order valence-electron chi connectivity index (χ1n) is 6.58. The van der Waals surface area contributed by atoms with E-state index < -0.39 is 20.5 Å². The molecule has 7 nitrogen and oxygen atoms in total. The number of sulfonamides is 1. The molecule has 0 amide bonds. The van der Waals surface area contributed by atoms with E-state index in [1.165, 1.54) is 12.1 Å². The first kappa shape index (κ1) is 17.5. The van der Waals surface area contributed by atoms with Crippen LogP contribution in [0.4, 0.5) is 5.69 Å². The Morgan fingerprint density at radius 1 is 1.33 bits per heavy atom. The molecule has 0 aliphatic carbocycles. The van der Waals surface area contributed by atoms with E-state index in [0.717, 1.165) is 12.1 Å². The van der Waals surface area contributed by atoms with E-state index in [1.54, 1.807) is 6.92 Å². The van der Waals surface area contributed by atoms with Crippen LogP contribution in [0.5, 0.6) is 0 Å². The number of nitro benzene ring substituents is 1. The lowest BCUT2D eigenvalue weighted by Crippen LogP contribution is -2.51. The molecule has 1 rings (SSSR count). The highest BCUT2D eigenvalue weighted by Gasteiger charge is 2.30. The minimum atomic E-state index is -3.77. The van der Waals surface area contributed by atoms with Gasteiger partial charge in [0.15, 0.2) is 0 Å². The highest BCUT2D eigenvalue weighted by Crippen LogP contribution is 2.21. The molecule has 0 fully saturated rings. The number of non-ortho nitro benzene ring substituents is 1. The van der Waals surface area contributed by atoms with Gasteiger partial charge in [0.2, 0.25) is 10.0 Å². The molecule has 0 unspecified atom stereocenters. The van der Waals surface area contributed by atoms with E-state index in [1.807, 2.05) is 13.8 Å². The number of benzene rings is 1. The van der Waals surface area contributed by atoms with Gasteiger partial charge in [0.1, 0.15) is 0 Å². The summed E-state index contributed by atoms with van der Waals surface area (Å²) in [6.07, 6.45) is 0.593. The molecule has 21 heavy (non-hydrogen) atoms. The maximum Gasteiger partial charge on any atom is 0.269 e. The zero-order chi connectivity index (χ0) is 16.3. The van der Waals surface area contributed by atoms with Gasteiger partial charge in [0.05, 0.1) is 9.82 Å². The summed E-state index contributed by atoms with van der Waals surface area (Å²) in [5.41, 5.74) is 4.78. The van der Waals surface area contributed by atoms with Gasteiger partial charge in [-0.1, -0.05) is 13.8 Å². The van der Waals surface area contributed by atoms with Gasteiger partial charge in [0.25, 0.3) is 5.69 Å². The van der Waals surface area contributed by atoms with Crippen LogP contribution in [0.15, 0.2) is 29.2 Å². The fourth-order valence-electron chi connectivity index (χ4n) is 2.20. The molecule has 0 saturated carbocycles. The zero-order valence-corrected chi connectivity index (χ0v) is 13.2. The van der Waals surface area contributed by atoms with Gasteiger partial charge in [-0.05, 0) is 31.4 Å². The van der Waals surface area contributed by atoms with E-state index in [0.29, 0.717) is 6.42 Å². The van der Waals surface area contributed by atoms with Crippen LogP contribution in [0, 0.1) is 16.0 Å². The van der Waals surface area contributed by atoms with Gasteiger partial charge in [-0.3, -0.25) is 10.1 Å². The molecule has 0 radical (unpaired) electrons. The molecule has 0 bridgehead atoms.